The van der Waals surface area contributed by atoms with Gasteiger partial charge in [-0.25, -0.2) is 4.79 Å². The minimum absolute atomic E-state index is 0.240. The van der Waals surface area contributed by atoms with Crippen molar-refractivity contribution in [2.24, 2.45) is 0 Å². The Morgan fingerprint density at radius 3 is 2.70 bits per heavy atom. The lowest BCUT2D eigenvalue weighted by molar-refractivity contribution is -0.145. The zero-order valence-corrected chi connectivity index (χ0v) is 14.2. The monoisotopic (exact) mass is 342 g/mol. The number of hydrogen-bond donors (Lipinski definition) is 1. The fraction of sp³-hybridized carbons (Fsp3) is 0.533. The van der Waals surface area contributed by atoms with Crippen LogP contribution in [0.2, 0.25) is 0 Å². The lowest BCUT2D eigenvalue weighted by Gasteiger charge is -2.20. The zero-order valence-electron chi connectivity index (χ0n) is 12.6. The van der Waals surface area contributed by atoms with Gasteiger partial charge in [0.1, 0.15) is 6.04 Å². The summed E-state index contributed by atoms with van der Waals surface area (Å²) in [6, 6.07) is 5.53. The summed E-state index contributed by atoms with van der Waals surface area (Å²) in [5.41, 5.74) is 2.06. The third kappa shape index (κ3) is 5.23. The second kappa shape index (κ2) is 8.39. The van der Waals surface area contributed by atoms with E-state index in [4.69, 9.17) is 4.74 Å². The molecule has 1 N–H and O–H groups in total. The average molecular weight is 343 g/mol. The van der Waals surface area contributed by atoms with Crippen molar-refractivity contribution in [3.63, 3.8) is 0 Å². The minimum atomic E-state index is -0.440. The van der Waals surface area contributed by atoms with Gasteiger partial charge in [-0.15, -0.1) is 0 Å². The first kappa shape index (κ1) is 17.1. The van der Waals surface area contributed by atoms with E-state index in [1.165, 1.54) is 0 Å². The van der Waals surface area contributed by atoms with Crippen molar-refractivity contribution in [3.8, 4) is 0 Å². The number of nitrogens with zero attached hydrogens (tertiary/aromatic N) is 1. The Labute approximate surface area is 129 Å². The number of likely N-dealkylation sites (N-methyl/N-ethyl adjacent to an activating group) is 1. The van der Waals surface area contributed by atoms with Gasteiger partial charge in [0, 0.05) is 17.6 Å². The average Bonchev–Trinajstić information content (AvgIpc) is 2.35. The van der Waals surface area contributed by atoms with Gasteiger partial charge in [0.25, 0.3) is 0 Å². The molecule has 0 aromatic heterocycles. The number of esters is 1. The fourth-order valence-electron chi connectivity index (χ4n) is 1.84. The van der Waals surface area contributed by atoms with Crippen LogP contribution in [0.4, 0.5) is 0 Å². The number of nitrogens with one attached hydrogen (secondary N) is 1. The molecule has 20 heavy (non-hydrogen) atoms. The minimum Gasteiger partial charge on any atom is -0.465 e. The molecule has 0 spiro atoms. The molecule has 0 amide bonds. The molecule has 0 saturated heterocycles. The highest BCUT2D eigenvalue weighted by Crippen LogP contribution is 2.25. The quantitative estimate of drug-likeness (QED) is 0.773. The summed E-state index contributed by atoms with van der Waals surface area (Å²) in [5.74, 6) is -0.240. The van der Waals surface area contributed by atoms with Gasteiger partial charge in [0.15, 0.2) is 0 Å². The molecule has 1 aromatic carbocycles. The van der Waals surface area contributed by atoms with E-state index in [1.54, 1.807) is 0 Å². The van der Waals surface area contributed by atoms with Crippen LogP contribution < -0.4 is 5.32 Å². The van der Waals surface area contributed by atoms with E-state index in [2.05, 4.69) is 26.1 Å². The van der Waals surface area contributed by atoms with Crippen LogP contribution in [0, 0.1) is 6.92 Å². The number of aryl methyl sites for hydroxylation is 1. The number of carbonyl (C=O) groups is 1. The van der Waals surface area contributed by atoms with Crippen molar-refractivity contribution in [2.75, 3.05) is 33.8 Å². The molecule has 0 saturated carbocycles. The van der Waals surface area contributed by atoms with E-state index in [1.807, 2.05) is 46.1 Å². The van der Waals surface area contributed by atoms with Gasteiger partial charge in [-0.3, -0.25) is 5.32 Å². The van der Waals surface area contributed by atoms with Crippen LogP contribution in [-0.4, -0.2) is 44.7 Å². The summed E-state index contributed by atoms with van der Waals surface area (Å²) in [5, 5.41) is 3.27. The van der Waals surface area contributed by atoms with Crippen LogP contribution in [0.25, 0.3) is 0 Å². The number of rotatable bonds is 7. The first-order chi connectivity index (χ1) is 9.45. The van der Waals surface area contributed by atoms with Crippen molar-refractivity contribution >= 4 is 21.9 Å². The first-order valence-electron chi connectivity index (χ1n) is 6.76. The van der Waals surface area contributed by atoms with Gasteiger partial charge in [0.2, 0.25) is 0 Å². The van der Waals surface area contributed by atoms with E-state index >= 15 is 0 Å². The topological polar surface area (TPSA) is 41.6 Å². The van der Waals surface area contributed by atoms with Gasteiger partial charge in [-0.05, 0) is 45.1 Å². The van der Waals surface area contributed by atoms with E-state index in [0.29, 0.717) is 6.61 Å². The molecule has 0 heterocycles. The van der Waals surface area contributed by atoms with E-state index in [-0.39, 0.29) is 5.97 Å². The van der Waals surface area contributed by atoms with Crippen LogP contribution in [0.15, 0.2) is 22.7 Å². The zero-order chi connectivity index (χ0) is 15.1. The fourth-order valence-corrected chi connectivity index (χ4v) is 2.57. The van der Waals surface area contributed by atoms with Crippen LogP contribution in [0.3, 0.4) is 0 Å². The molecule has 4 nitrogen and oxygen atoms in total. The largest absolute Gasteiger partial charge is 0.465 e. The Balaban J connectivity index is 2.88. The third-order valence-corrected chi connectivity index (χ3v) is 3.58. The molecule has 0 radical (unpaired) electrons. The van der Waals surface area contributed by atoms with E-state index in [0.717, 1.165) is 28.7 Å². The summed E-state index contributed by atoms with van der Waals surface area (Å²) < 4.78 is 6.09. The van der Waals surface area contributed by atoms with Gasteiger partial charge >= 0.3 is 5.97 Å². The molecule has 5 heteroatoms. The molecule has 1 rings (SSSR count). The van der Waals surface area contributed by atoms with Gasteiger partial charge < -0.3 is 9.64 Å². The predicted molar refractivity (Wildman–Crippen MR) is 84.8 cm³/mol. The molecule has 1 atom stereocenters. The number of hydrogen-bond acceptors (Lipinski definition) is 4. The number of benzene rings is 1. The van der Waals surface area contributed by atoms with Crippen molar-refractivity contribution < 1.29 is 9.53 Å². The lowest BCUT2D eigenvalue weighted by Crippen LogP contribution is -2.35. The summed E-state index contributed by atoms with van der Waals surface area (Å²) in [4.78, 5) is 14.2. The molecule has 1 unspecified atom stereocenters. The summed E-state index contributed by atoms with van der Waals surface area (Å²) in [6.07, 6.45) is 0. The second-order valence-corrected chi connectivity index (χ2v) is 5.82. The number of halogens is 1. The van der Waals surface area contributed by atoms with Crippen molar-refractivity contribution in [1.82, 2.24) is 10.2 Å². The molecular formula is C15H23BrN2O2. The Morgan fingerprint density at radius 1 is 1.45 bits per heavy atom. The molecule has 0 bridgehead atoms. The highest BCUT2D eigenvalue weighted by atomic mass is 79.9. The molecule has 0 fully saturated rings. The maximum Gasteiger partial charge on any atom is 0.327 e. The maximum atomic E-state index is 12.1. The Hall–Kier alpha value is -0.910. The molecule has 1 aromatic rings. The Kier molecular flexibility index (Phi) is 7.19. The normalized spacial score (nSPS) is 12.5. The van der Waals surface area contributed by atoms with Crippen molar-refractivity contribution in [1.29, 1.82) is 0 Å². The van der Waals surface area contributed by atoms with E-state index < -0.39 is 6.04 Å². The van der Waals surface area contributed by atoms with Gasteiger partial charge in [0.05, 0.1) is 6.61 Å². The van der Waals surface area contributed by atoms with Crippen LogP contribution in [0.5, 0.6) is 0 Å². The highest BCUT2D eigenvalue weighted by Gasteiger charge is 2.23. The van der Waals surface area contributed by atoms with Gasteiger partial charge in [-0.2, -0.15) is 0 Å². The standard InChI is InChI=1S/C15H23BrN2O2/c1-5-20-15(19)14(17-8-9-18(3)4)12-7-6-11(2)10-13(12)16/h6-7,10,14,17H,5,8-9H2,1-4H3. The lowest BCUT2D eigenvalue weighted by atomic mass is 10.1. The Bertz CT molecular complexity index is 449. The number of carbonyl (C=O) groups excluding carboxylic acids is 1. The second-order valence-electron chi connectivity index (χ2n) is 4.97. The van der Waals surface area contributed by atoms with Crippen molar-refractivity contribution in [2.45, 2.75) is 19.9 Å². The first-order valence-corrected chi connectivity index (χ1v) is 7.55. The van der Waals surface area contributed by atoms with Crippen LogP contribution in [-0.2, 0) is 9.53 Å². The molecule has 0 aliphatic heterocycles. The van der Waals surface area contributed by atoms with Gasteiger partial charge in [-0.1, -0.05) is 28.1 Å². The molecule has 112 valence electrons. The molecule has 0 aliphatic carbocycles. The summed E-state index contributed by atoms with van der Waals surface area (Å²) in [6.45, 7) is 5.80. The Morgan fingerprint density at radius 2 is 2.15 bits per heavy atom. The third-order valence-electron chi connectivity index (χ3n) is 2.90. The predicted octanol–water partition coefficient (Wildman–Crippen LogP) is 2.51. The maximum absolute atomic E-state index is 12.1. The summed E-state index contributed by atoms with van der Waals surface area (Å²) in [7, 11) is 4.01. The SMILES string of the molecule is CCOC(=O)C(NCCN(C)C)c1ccc(C)cc1Br. The van der Waals surface area contributed by atoms with Crippen molar-refractivity contribution in [3.05, 3.63) is 33.8 Å². The molecular weight excluding hydrogens is 320 g/mol. The van der Waals surface area contributed by atoms with Crippen LogP contribution >= 0.6 is 15.9 Å². The molecule has 0 aliphatic rings. The van der Waals surface area contributed by atoms with E-state index in [9.17, 15) is 4.79 Å². The smallest absolute Gasteiger partial charge is 0.327 e. The highest BCUT2D eigenvalue weighted by molar-refractivity contribution is 9.10. The number of ether oxygens (including phenoxy) is 1. The van der Waals surface area contributed by atoms with Crippen LogP contribution in [0.1, 0.15) is 24.1 Å². The summed E-state index contributed by atoms with van der Waals surface area (Å²) >= 11 is 3.53.